The van der Waals surface area contributed by atoms with Crippen molar-refractivity contribution in [2.75, 3.05) is 5.32 Å². The fraction of sp³-hybridized carbons (Fsp3) is 0.0476. The summed E-state index contributed by atoms with van der Waals surface area (Å²) in [7, 11) is 0. The molecule has 0 spiro atoms. The van der Waals surface area contributed by atoms with Gasteiger partial charge in [0, 0.05) is 12.1 Å². The molecular formula is C21H15ClN2OS. The lowest BCUT2D eigenvalue weighted by molar-refractivity contribution is 0.102. The number of rotatable bonds is 4. The third-order valence-electron chi connectivity index (χ3n) is 4.02. The Morgan fingerprint density at radius 1 is 0.962 bits per heavy atom. The van der Waals surface area contributed by atoms with E-state index in [0.717, 1.165) is 28.2 Å². The molecule has 0 saturated carbocycles. The highest BCUT2D eigenvalue weighted by Crippen LogP contribution is 2.24. The van der Waals surface area contributed by atoms with E-state index in [9.17, 15) is 4.79 Å². The Labute approximate surface area is 160 Å². The second-order valence-corrected chi connectivity index (χ2v) is 7.41. The lowest BCUT2D eigenvalue weighted by Gasteiger charge is -2.07. The number of carbonyl (C=O) groups excluding carboxylic acids is 1. The molecule has 0 unspecified atom stereocenters. The summed E-state index contributed by atoms with van der Waals surface area (Å²) in [6.07, 6.45) is 0.776. The maximum absolute atomic E-state index is 12.3. The molecule has 4 aromatic rings. The first-order valence-corrected chi connectivity index (χ1v) is 9.38. The van der Waals surface area contributed by atoms with Crippen LogP contribution >= 0.6 is 22.9 Å². The Kier molecular flexibility index (Phi) is 4.69. The number of hydrogen-bond acceptors (Lipinski definition) is 3. The minimum atomic E-state index is -0.213. The van der Waals surface area contributed by atoms with Crippen LogP contribution in [0.5, 0.6) is 0 Å². The summed E-state index contributed by atoms with van der Waals surface area (Å²) in [6.45, 7) is 0. The van der Waals surface area contributed by atoms with E-state index in [1.54, 1.807) is 35.6 Å². The molecule has 0 atom stereocenters. The molecule has 0 bridgehead atoms. The number of thiazole rings is 1. The molecule has 4 rings (SSSR count). The van der Waals surface area contributed by atoms with Gasteiger partial charge in [0.1, 0.15) is 0 Å². The van der Waals surface area contributed by atoms with E-state index < -0.39 is 0 Å². The maximum Gasteiger partial charge on any atom is 0.257 e. The predicted octanol–water partition coefficient (Wildman–Crippen LogP) is 5.79. The number of para-hydroxylation sites is 1. The van der Waals surface area contributed by atoms with Crippen LogP contribution in [-0.2, 0) is 6.42 Å². The normalized spacial score (nSPS) is 10.8. The van der Waals surface area contributed by atoms with Crippen molar-refractivity contribution in [2.45, 2.75) is 6.42 Å². The van der Waals surface area contributed by atoms with E-state index in [0.29, 0.717) is 10.6 Å². The molecule has 0 aliphatic carbocycles. The van der Waals surface area contributed by atoms with Gasteiger partial charge in [-0.25, -0.2) is 4.98 Å². The number of hydrogen-bond donors (Lipinski definition) is 1. The number of fused-ring (bicyclic) bond motifs is 1. The van der Waals surface area contributed by atoms with Gasteiger partial charge in [0.05, 0.1) is 25.8 Å². The van der Waals surface area contributed by atoms with Crippen LogP contribution in [0, 0.1) is 0 Å². The van der Waals surface area contributed by atoms with Gasteiger partial charge in [0.15, 0.2) is 0 Å². The minimum absolute atomic E-state index is 0.213. The van der Waals surface area contributed by atoms with Crippen LogP contribution in [0.15, 0.2) is 72.8 Å². The standard InChI is InChI=1S/C21H15ClN2OS/c22-17-6-2-1-5-16(17)21(25)23-15-11-9-14(10-12-15)13-20-24-18-7-3-4-8-19(18)26-20/h1-12H,13H2,(H,23,25). The molecule has 0 saturated heterocycles. The summed E-state index contributed by atoms with van der Waals surface area (Å²) in [4.78, 5) is 17.0. The first kappa shape index (κ1) is 16.8. The smallest absolute Gasteiger partial charge is 0.257 e. The zero-order valence-corrected chi connectivity index (χ0v) is 15.3. The zero-order chi connectivity index (χ0) is 17.9. The Balaban J connectivity index is 1.46. The molecule has 26 heavy (non-hydrogen) atoms. The molecule has 128 valence electrons. The van der Waals surface area contributed by atoms with Gasteiger partial charge in [-0.2, -0.15) is 0 Å². The van der Waals surface area contributed by atoms with Crippen LogP contribution in [0.2, 0.25) is 5.02 Å². The van der Waals surface area contributed by atoms with Gasteiger partial charge < -0.3 is 5.32 Å². The van der Waals surface area contributed by atoms with Crippen LogP contribution in [0.25, 0.3) is 10.2 Å². The molecule has 0 radical (unpaired) electrons. The zero-order valence-electron chi connectivity index (χ0n) is 13.8. The maximum atomic E-state index is 12.3. The van der Waals surface area contributed by atoms with Crippen LogP contribution in [-0.4, -0.2) is 10.9 Å². The average molecular weight is 379 g/mol. The van der Waals surface area contributed by atoms with Crippen molar-refractivity contribution < 1.29 is 4.79 Å². The van der Waals surface area contributed by atoms with E-state index in [4.69, 9.17) is 11.6 Å². The fourth-order valence-electron chi connectivity index (χ4n) is 2.72. The van der Waals surface area contributed by atoms with Crippen molar-refractivity contribution in [2.24, 2.45) is 0 Å². The number of halogens is 1. The Hall–Kier alpha value is -2.69. The first-order chi connectivity index (χ1) is 12.7. The lowest BCUT2D eigenvalue weighted by atomic mass is 10.1. The SMILES string of the molecule is O=C(Nc1ccc(Cc2nc3ccccc3s2)cc1)c1ccccc1Cl. The van der Waals surface area contributed by atoms with E-state index in [1.165, 1.54) is 4.70 Å². The van der Waals surface area contributed by atoms with Crippen molar-refractivity contribution in [1.82, 2.24) is 4.98 Å². The topological polar surface area (TPSA) is 42.0 Å². The summed E-state index contributed by atoms with van der Waals surface area (Å²) in [6, 6.07) is 23.0. The predicted molar refractivity (Wildman–Crippen MR) is 108 cm³/mol. The molecular weight excluding hydrogens is 364 g/mol. The summed E-state index contributed by atoms with van der Waals surface area (Å²) in [5.41, 5.74) is 3.40. The van der Waals surface area contributed by atoms with Gasteiger partial charge in [-0.3, -0.25) is 4.79 Å². The third-order valence-corrected chi connectivity index (χ3v) is 5.39. The number of amides is 1. The van der Waals surface area contributed by atoms with Gasteiger partial charge >= 0.3 is 0 Å². The van der Waals surface area contributed by atoms with E-state index >= 15 is 0 Å². The van der Waals surface area contributed by atoms with Crippen molar-refractivity contribution >= 4 is 44.7 Å². The van der Waals surface area contributed by atoms with E-state index in [2.05, 4.69) is 16.4 Å². The molecule has 1 heterocycles. The highest BCUT2D eigenvalue weighted by molar-refractivity contribution is 7.18. The molecule has 1 N–H and O–H groups in total. The molecule has 0 aliphatic rings. The molecule has 0 aliphatic heterocycles. The molecule has 3 aromatic carbocycles. The van der Waals surface area contributed by atoms with Crippen molar-refractivity contribution in [1.29, 1.82) is 0 Å². The van der Waals surface area contributed by atoms with Gasteiger partial charge in [0.25, 0.3) is 5.91 Å². The highest BCUT2D eigenvalue weighted by Gasteiger charge is 2.10. The summed E-state index contributed by atoms with van der Waals surface area (Å²) in [5, 5.41) is 4.40. The molecule has 5 heteroatoms. The third kappa shape index (κ3) is 3.62. The number of aromatic nitrogens is 1. The van der Waals surface area contributed by atoms with E-state index in [-0.39, 0.29) is 5.91 Å². The minimum Gasteiger partial charge on any atom is -0.322 e. The second-order valence-electron chi connectivity index (χ2n) is 5.88. The number of nitrogens with one attached hydrogen (secondary N) is 1. The molecule has 0 fully saturated rings. The summed E-state index contributed by atoms with van der Waals surface area (Å²) in [5.74, 6) is -0.213. The molecule has 1 amide bonds. The van der Waals surface area contributed by atoms with Gasteiger partial charge in [-0.1, -0.05) is 48.0 Å². The number of benzene rings is 3. The van der Waals surface area contributed by atoms with Crippen molar-refractivity contribution in [3.63, 3.8) is 0 Å². The summed E-state index contributed by atoms with van der Waals surface area (Å²) >= 11 is 7.78. The van der Waals surface area contributed by atoms with Gasteiger partial charge in [-0.15, -0.1) is 11.3 Å². The van der Waals surface area contributed by atoms with Crippen LogP contribution < -0.4 is 5.32 Å². The monoisotopic (exact) mass is 378 g/mol. The largest absolute Gasteiger partial charge is 0.322 e. The Morgan fingerprint density at radius 2 is 1.69 bits per heavy atom. The average Bonchev–Trinajstić information content (AvgIpc) is 3.06. The van der Waals surface area contributed by atoms with Gasteiger partial charge in [-0.05, 0) is 42.0 Å². The Morgan fingerprint density at radius 3 is 2.46 bits per heavy atom. The van der Waals surface area contributed by atoms with Crippen molar-refractivity contribution in [3.05, 3.63) is 94.0 Å². The number of anilines is 1. The lowest BCUT2D eigenvalue weighted by Crippen LogP contribution is -2.12. The quantitative estimate of drug-likeness (QED) is 0.488. The van der Waals surface area contributed by atoms with Crippen LogP contribution in [0.1, 0.15) is 20.9 Å². The van der Waals surface area contributed by atoms with Crippen LogP contribution in [0.3, 0.4) is 0 Å². The Bertz CT molecular complexity index is 1040. The fourth-order valence-corrected chi connectivity index (χ4v) is 3.94. The summed E-state index contributed by atoms with van der Waals surface area (Å²) < 4.78 is 1.20. The van der Waals surface area contributed by atoms with Gasteiger partial charge in [0.2, 0.25) is 0 Å². The van der Waals surface area contributed by atoms with Crippen molar-refractivity contribution in [3.8, 4) is 0 Å². The highest BCUT2D eigenvalue weighted by atomic mass is 35.5. The number of nitrogens with zero attached hydrogens (tertiary/aromatic N) is 1. The molecule has 3 nitrogen and oxygen atoms in total. The number of carbonyl (C=O) groups is 1. The van der Waals surface area contributed by atoms with E-state index in [1.807, 2.05) is 42.5 Å². The second kappa shape index (κ2) is 7.28. The molecule has 1 aromatic heterocycles. The van der Waals surface area contributed by atoms with Crippen LogP contribution in [0.4, 0.5) is 5.69 Å². The first-order valence-electron chi connectivity index (χ1n) is 8.18.